The summed E-state index contributed by atoms with van der Waals surface area (Å²) in [7, 11) is 0. The normalized spacial score (nSPS) is 12.2. The van der Waals surface area contributed by atoms with E-state index in [-0.39, 0.29) is 11.9 Å². The first-order valence-electron chi connectivity index (χ1n) is 5.22. The lowest BCUT2D eigenvalue weighted by Gasteiger charge is -2.10. The molecule has 0 aromatic heterocycles. The van der Waals surface area contributed by atoms with Crippen molar-refractivity contribution in [2.45, 2.75) is 32.9 Å². The van der Waals surface area contributed by atoms with Crippen LogP contribution in [-0.2, 0) is 11.3 Å². The van der Waals surface area contributed by atoms with E-state index in [4.69, 9.17) is 5.73 Å². The second-order valence-corrected chi connectivity index (χ2v) is 3.67. The minimum atomic E-state index is -0.00987. The van der Waals surface area contributed by atoms with Gasteiger partial charge in [-0.2, -0.15) is 0 Å². The van der Waals surface area contributed by atoms with Crippen molar-refractivity contribution in [1.29, 1.82) is 0 Å². The van der Waals surface area contributed by atoms with E-state index < -0.39 is 0 Å². The highest BCUT2D eigenvalue weighted by Gasteiger charge is 2.02. The Morgan fingerprint density at radius 1 is 1.40 bits per heavy atom. The minimum Gasteiger partial charge on any atom is -0.352 e. The topological polar surface area (TPSA) is 55.1 Å². The SMILES string of the molecule is CCC(N)c1ccc(CNC(C)=O)cc1. The van der Waals surface area contributed by atoms with Crippen molar-refractivity contribution in [3.05, 3.63) is 35.4 Å². The molecule has 1 unspecified atom stereocenters. The second-order valence-electron chi connectivity index (χ2n) is 3.67. The van der Waals surface area contributed by atoms with Crippen LogP contribution in [0.1, 0.15) is 37.4 Å². The van der Waals surface area contributed by atoms with E-state index in [1.54, 1.807) is 0 Å². The van der Waals surface area contributed by atoms with Crippen LogP contribution in [0.15, 0.2) is 24.3 Å². The van der Waals surface area contributed by atoms with Crippen LogP contribution in [0, 0.1) is 0 Å². The molecule has 0 bridgehead atoms. The van der Waals surface area contributed by atoms with Crippen molar-refractivity contribution in [2.24, 2.45) is 5.73 Å². The maximum atomic E-state index is 10.7. The first-order chi connectivity index (χ1) is 7.13. The fraction of sp³-hybridized carbons (Fsp3) is 0.417. The van der Waals surface area contributed by atoms with Gasteiger partial charge in [0, 0.05) is 19.5 Å². The highest BCUT2D eigenvalue weighted by atomic mass is 16.1. The standard InChI is InChI=1S/C12H18N2O/c1-3-12(13)11-6-4-10(5-7-11)8-14-9(2)15/h4-7,12H,3,8,13H2,1-2H3,(H,14,15). The summed E-state index contributed by atoms with van der Waals surface area (Å²) in [5, 5.41) is 2.75. The van der Waals surface area contributed by atoms with Crippen LogP contribution in [0.4, 0.5) is 0 Å². The molecule has 0 radical (unpaired) electrons. The summed E-state index contributed by atoms with van der Waals surface area (Å²) in [4.78, 5) is 10.7. The molecule has 1 aromatic rings. The summed E-state index contributed by atoms with van der Waals surface area (Å²) in [6.07, 6.45) is 0.936. The van der Waals surface area contributed by atoms with Crippen LogP contribution in [0.2, 0.25) is 0 Å². The van der Waals surface area contributed by atoms with Gasteiger partial charge in [0.1, 0.15) is 0 Å². The Morgan fingerprint density at radius 2 is 2.00 bits per heavy atom. The predicted octanol–water partition coefficient (Wildman–Crippen LogP) is 1.73. The highest BCUT2D eigenvalue weighted by Crippen LogP contribution is 2.14. The molecule has 3 heteroatoms. The van der Waals surface area contributed by atoms with Gasteiger partial charge in [-0.05, 0) is 17.5 Å². The van der Waals surface area contributed by atoms with E-state index in [0.29, 0.717) is 6.54 Å². The van der Waals surface area contributed by atoms with Gasteiger partial charge in [0.25, 0.3) is 0 Å². The minimum absolute atomic E-state index is 0.00987. The lowest BCUT2D eigenvalue weighted by atomic mass is 10.0. The van der Waals surface area contributed by atoms with Crippen LogP contribution in [0.5, 0.6) is 0 Å². The molecule has 1 aromatic carbocycles. The lowest BCUT2D eigenvalue weighted by molar-refractivity contribution is -0.119. The van der Waals surface area contributed by atoms with Gasteiger partial charge in [-0.15, -0.1) is 0 Å². The van der Waals surface area contributed by atoms with Gasteiger partial charge in [0.05, 0.1) is 0 Å². The number of hydrogen-bond donors (Lipinski definition) is 2. The van der Waals surface area contributed by atoms with Gasteiger partial charge in [0.2, 0.25) is 5.91 Å². The molecule has 0 aliphatic carbocycles. The Morgan fingerprint density at radius 3 is 2.47 bits per heavy atom. The second kappa shape index (κ2) is 5.51. The number of nitrogens with one attached hydrogen (secondary N) is 1. The smallest absolute Gasteiger partial charge is 0.217 e. The summed E-state index contributed by atoms with van der Waals surface area (Å²) in [6, 6.07) is 8.15. The van der Waals surface area contributed by atoms with Gasteiger partial charge in [-0.1, -0.05) is 31.2 Å². The molecule has 0 saturated carbocycles. The summed E-state index contributed by atoms with van der Waals surface area (Å²) < 4.78 is 0. The summed E-state index contributed by atoms with van der Waals surface area (Å²) in [5.74, 6) is -0.00987. The molecule has 15 heavy (non-hydrogen) atoms. The number of benzene rings is 1. The molecular weight excluding hydrogens is 188 g/mol. The van der Waals surface area contributed by atoms with Crippen LogP contribution in [0.3, 0.4) is 0 Å². The zero-order valence-electron chi connectivity index (χ0n) is 9.29. The maximum Gasteiger partial charge on any atom is 0.217 e. The van der Waals surface area contributed by atoms with E-state index in [1.807, 2.05) is 24.3 Å². The van der Waals surface area contributed by atoms with E-state index in [9.17, 15) is 4.79 Å². The highest BCUT2D eigenvalue weighted by molar-refractivity contribution is 5.72. The zero-order valence-corrected chi connectivity index (χ0v) is 9.29. The number of carbonyl (C=O) groups is 1. The average molecular weight is 206 g/mol. The van der Waals surface area contributed by atoms with Crippen molar-refractivity contribution >= 4 is 5.91 Å². The largest absolute Gasteiger partial charge is 0.352 e. The number of nitrogens with two attached hydrogens (primary N) is 1. The molecular formula is C12H18N2O. The molecule has 0 saturated heterocycles. The Hall–Kier alpha value is -1.35. The molecule has 3 nitrogen and oxygen atoms in total. The monoisotopic (exact) mass is 206 g/mol. The van der Waals surface area contributed by atoms with E-state index in [2.05, 4.69) is 12.2 Å². The molecule has 1 atom stereocenters. The number of amides is 1. The fourth-order valence-electron chi connectivity index (χ4n) is 1.34. The van der Waals surface area contributed by atoms with E-state index in [0.717, 1.165) is 17.5 Å². The van der Waals surface area contributed by atoms with Crippen molar-refractivity contribution in [3.8, 4) is 0 Å². The lowest BCUT2D eigenvalue weighted by Crippen LogP contribution is -2.18. The average Bonchev–Trinajstić information content (AvgIpc) is 2.26. The first-order valence-corrected chi connectivity index (χ1v) is 5.22. The van der Waals surface area contributed by atoms with Gasteiger partial charge in [0.15, 0.2) is 0 Å². The molecule has 0 heterocycles. The van der Waals surface area contributed by atoms with Crippen molar-refractivity contribution in [3.63, 3.8) is 0 Å². The fourth-order valence-corrected chi connectivity index (χ4v) is 1.34. The Labute approximate surface area is 90.7 Å². The van der Waals surface area contributed by atoms with Crippen LogP contribution >= 0.6 is 0 Å². The Kier molecular flexibility index (Phi) is 4.31. The Balaban J connectivity index is 2.60. The third kappa shape index (κ3) is 3.72. The van der Waals surface area contributed by atoms with Gasteiger partial charge < -0.3 is 11.1 Å². The first kappa shape index (κ1) is 11.7. The molecule has 1 rings (SSSR count). The van der Waals surface area contributed by atoms with Crippen molar-refractivity contribution in [2.75, 3.05) is 0 Å². The van der Waals surface area contributed by atoms with E-state index in [1.165, 1.54) is 6.92 Å². The van der Waals surface area contributed by atoms with Gasteiger partial charge >= 0.3 is 0 Å². The molecule has 0 fully saturated rings. The molecule has 0 spiro atoms. The van der Waals surface area contributed by atoms with Gasteiger partial charge in [-0.3, -0.25) is 4.79 Å². The quantitative estimate of drug-likeness (QED) is 0.788. The number of rotatable bonds is 4. The number of hydrogen-bond acceptors (Lipinski definition) is 2. The summed E-state index contributed by atoms with van der Waals surface area (Å²) in [5.41, 5.74) is 8.13. The summed E-state index contributed by atoms with van der Waals surface area (Å²) >= 11 is 0. The third-order valence-electron chi connectivity index (χ3n) is 2.39. The van der Waals surface area contributed by atoms with E-state index >= 15 is 0 Å². The Bertz CT molecular complexity index is 319. The van der Waals surface area contributed by atoms with Crippen molar-refractivity contribution in [1.82, 2.24) is 5.32 Å². The number of carbonyl (C=O) groups excluding carboxylic acids is 1. The molecule has 1 amide bonds. The molecule has 82 valence electrons. The maximum absolute atomic E-state index is 10.7. The molecule has 0 aliphatic rings. The predicted molar refractivity (Wildman–Crippen MR) is 61.2 cm³/mol. The van der Waals surface area contributed by atoms with Gasteiger partial charge in [-0.25, -0.2) is 0 Å². The zero-order chi connectivity index (χ0) is 11.3. The van der Waals surface area contributed by atoms with Crippen LogP contribution in [0.25, 0.3) is 0 Å². The van der Waals surface area contributed by atoms with Crippen LogP contribution in [-0.4, -0.2) is 5.91 Å². The third-order valence-corrected chi connectivity index (χ3v) is 2.39. The molecule has 0 aliphatic heterocycles. The molecule has 3 N–H and O–H groups in total. The summed E-state index contributed by atoms with van der Waals surface area (Å²) in [6.45, 7) is 4.16. The van der Waals surface area contributed by atoms with Crippen molar-refractivity contribution < 1.29 is 4.79 Å². The van der Waals surface area contributed by atoms with Crippen LogP contribution < -0.4 is 11.1 Å².